The first-order chi connectivity index (χ1) is 35.1. The predicted octanol–water partition coefficient (Wildman–Crippen LogP) is 2.69. The van der Waals surface area contributed by atoms with Crippen molar-refractivity contribution in [2.24, 2.45) is 16.8 Å². The molecule has 11 N–H and O–H groups in total. The number of nitrogens with zero attached hydrogens (tertiary/aromatic N) is 1. The molecule has 0 saturated carbocycles. The van der Waals surface area contributed by atoms with Gasteiger partial charge >= 0.3 is 0 Å². The zero-order chi connectivity index (χ0) is 49.6. The molecule has 4 aromatic carbocycles. The van der Waals surface area contributed by atoms with Crippen LogP contribution in [0.2, 0.25) is 0 Å². The van der Waals surface area contributed by atoms with Crippen molar-refractivity contribution in [1.82, 2.24) is 15.3 Å². The van der Waals surface area contributed by atoms with Crippen LogP contribution >= 0.6 is 0 Å². The molecule has 11 rings (SSSR count). The maximum atomic E-state index is 10.7. The van der Waals surface area contributed by atoms with Crippen molar-refractivity contribution in [1.29, 1.82) is 0 Å². The minimum Gasteiger partial charge on any atom is -0.396 e. The Morgan fingerprint density at radius 2 is 0.986 bits per heavy atom. The standard InChI is InChI=1S/C58H56N4O10/c63-29-37-47(71-57(69)55(67)53(37)65)27-31-11-15-35(16-12-31)51-43-23-21-41(60-43)49(33-7-3-1-4-8-33)39-19-20-40(59-39)50(34-9-5-2-6-10-34)42-22-24-44(61-42)52(46-26-25-45(51)62-46)36-17-13-32(14-18-36)28-48-38(30-64)54(66)56(68)58(70)72-48/h1-26,37-38,43,47-48,53-60,62-70H,27-30H2/b49-41-,50-42-,51-45-,52-46-/t37-,38-,43?,47+,48+,53?,54?,55?,56?,57-,58-/m1/s1. The normalized spacial score (nSPS) is 31.7. The number of hydrogen-bond acceptors (Lipinski definition) is 12. The number of benzene rings is 4. The van der Waals surface area contributed by atoms with Gasteiger partial charge in [0.15, 0.2) is 12.6 Å². The van der Waals surface area contributed by atoms with Gasteiger partial charge in [0.05, 0.1) is 55.1 Å². The molecule has 8 bridgehead atoms. The fraction of sp³-hybridized carbons (Fsp3) is 0.259. The van der Waals surface area contributed by atoms with Gasteiger partial charge in [0.25, 0.3) is 0 Å². The Balaban J connectivity index is 1.07. The van der Waals surface area contributed by atoms with Crippen molar-refractivity contribution < 1.29 is 50.3 Å². The largest absolute Gasteiger partial charge is 0.396 e. The fourth-order valence-corrected chi connectivity index (χ4v) is 10.8. The molecule has 2 fully saturated rings. The summed E-state index contributed by atoms with van der Waals surface area (Å²) in [6.45, 7) is -0.856. The summed E-state index contributed by atoms with van der Waals surface area (Å²) in [7, 11) is 0. The first-order valence-electron chi connectivity index (χ1n) is 24.3. The van der Waals surface area contributed by atoms with Crippen LogP contribution in [0.4, 0.5) is 0 Å². The number of fused-ring (bicyclic) bond motifs is 7. The summed E-state index contributed by atoms with van der Waals surface area (Å²) in [6.07, 6.45) is -1.51. The Hall–Kier alpha value is -6.79. The summed E-state index contributed by atoms with van der Waals surface area (Å²) in [4.78, 5) is 13.0. The van der Waals surface area contributed by atoms with Crippen molar-refractivity contribution in [3.63, 3.8) is 0 Å². The van der Waals surface area contributed by atoms with E-state index in [4.69, 9.17) is 14.5 Å². The van der Waals surface area contributed by atoms with E-state index < -0.39 is 74.3 Å². The maximum Gasteiger partial charge on any atom is 0.183 e. The average molecular weight is 969 g/mol. The van der Waals surface area contributed by atoms with E-state index in [0.29, 0.717) is 0 Å². The molecule has 5 aliphatic rings. The van der Waals surface area contributed by atoms with Gasteiger partial charge in [0.2, 0.25) is 0 Å². The third-order valence-electron chi connectivity index (χ3n) is 14.6. The Bertz CT molecular complexity index is 3230. The number of aliphatic imine (C=N–C) groups is 1. The van der Waals surface area contributed by atoms with Crippen LogP contribution in [0.5, 0.6) is 0 Å². The summed E-state index contributed by atoms with van der Waals surface area (Å²) in [5, 5.41) is 88.3. The van der Waals surface area contributed by atoms with E-state index in [0.717, 1.165) is 94.9 Å². The van der Waals surface area contributed by atoms with Crippen molar-refractivity contribution >= 4 is 28.0 Å². The molecule has 14 nitrogen and oxygen atoms in total. The number of aromatic nitrogens is 2. The van der Waals surface area contributed by atoms with Gasteiger partial charge in [0.1, 0.15) is 12.2 Å². The highest BCUT2D eigenvalue weighted by atomic mass is 16.6. The molecule has 0 radical (unpaired) electrons. The van der Waals surface area contributed by atoms with Crippen LogP contribution in [0.1, 0.15) is 44.8 Å². The van der Waals surface area contributed by atoms with E-state index in [1.807, 2.05) is 97.1 Å². The second kappa shape index (κ2) is 20.0. The van der Waals surface area contributed by atoms with Gasteiger partial charge in [-0.25, -0.2) is 4.99 Å². The summed E-state index contributed by atoms with van der Waals surface area (Å²) in [5.74, 6) is -1.60. The van der Waals surface area contributed by atoms with E-state index in [9.17, 15) is 40.9 Å². The lowest BCUT2D eigenvalue weighted by Crippen LogP contribution is -2.56. The average Bonchev–Trinajstić information content (AvgIpc) is 4.26. The molecule has 72 heavy (non-hydrogen) atoms. The summed E-state index contributed by atoms with van der Waals surface area (Å²) in [6, 6.07) is 44.4. The Morgan fingerprint density at radius 1 is 0.472 bits per heavy atom. The molecular weight excluding hydrogens is 913 g/mol. The van der Waals surface area contributed by atoms with Crippen molar-refractivity contribution in [3.05, 3.63) is 225 Å². The SMILES string of the molecule is OC[C@H]1C(O)C(O)[C@H](O)O[C@H]1Cc1ccc(/C2=c3\cc/c([nH]3)=C(\c3ccc(C[C@@H]4O[C@@H](O)C(O)C(O)[C@@H]4CO)cc3)C3C=C/C(=C(\c4ccccc4)c4ccc([nH]4)/C(c4ccccc4)=C4/C=CC2=N4)N3)cc1. The highest BCUT2D eigenvalue weighted by Crippen LogP contribution is 2.37. The zero-order valence-corrected chi connectivity index (χ0v) is 39.0. The Kier molecular flexibility index (Phi) is 13.2. The second-order valence-corrected chi connectivity index (χ2v) is 19.0. The summed E-state index contributed by atoms with van der Waals surface area (Å²) >= 11 is 0. The summed E-state index contributed by atoms with van der Waals surface area (Å²) < 4.78 is 11.4. The highest BCUT2D eigenvalue weighted by molar-refractivity contribution is 6.30. The molecule has 2 saturated heterocycles. The van der Waals surface area contributed by atoms with Gasteiger partial charge in [-0.05, 0) is 88.7 Å². The lowest BCUT2D eigenvalue weighted by Gasteiger charge is -2.40. The molecule has 11 atom stereocenters. The second-order valence-electron chi connectivity index (χ2n) is 19.0. The number of aliphatic hydroxyl groups excluding tert-OH is 8. The van der Waals surface area contributed by atoms with Gasteiger partial charge < -0.3 is 65.6 Å². The number of allylic oxidation sites excluding steroid dienone is 3. The molecule has 6 aromatic rings. The Morgan fingerprint density at radius 3 is 1.56 bits per heavy atom. The molecule has 0 aliphatic carbocycles. The van der Waals surface area contributed by atoms with Crippen LogP contribution in [-0.2, 0) is 22.3 Å². The van der Waals surface area contributed by atoms with Crippen LogP contribution in [-0.4, -0.2) is 125 Å². The topological polar surface area (TPSA) is 236 Å². The Labute approximate surface area is 414 Å². The molecule has 5 unspecified atom stereocenters. The number of aliphatic hydroxyl groups is 8. The van der Waals surface area contributed by atoms with Gasteiger partial charge in [0, 0.05) is 61.9 Å². The van der Waals surface area contributed by atoms with Crippen LogP contribution in [0.15, 0.2) is 174 Å². The van der Waals surface area contributed by atoms with Gasteiger partial charge in [-0.1, -0.05) is 115 Å². The number of ether oxygens (including phenoxy) is 2. The predicted molar refractivity (Wildman–Crippen MR) is 271 cm³/mol. The molecule has 5 aliphatic heterocycles. The van der Waals surface area contributed by atoms with Gasteiger partial charge in [-0.15, -0.1) is 0 Å². The lowest BCUT2D eigenvalue weighted by atomic mass is 9.86. The minimum absolute atomic E-state index is 0.269. The first-order valence-corrected chi connectivity index (χ1v) is 24.3. The van der Waals surface area contributed by atoms with Crippen molar-refractivity contribution in [2.75, 3.05) is 13.2 Å². The van der Waals surface area contributed by atoms with Gasteiger partial charge in [-0.3, -0.25) is 0 Å². The molecule has 0 amide bonds. The number of H-pyrrole nitrogens is 2. The summed E-state index contributed by atoms with van der Waals surface area (Å²) in [5.41, 5.74) is 13.4. The molecule has 2 aromatic heterocycles. The van der Waals surface area contributed by atoms with Crippen molar-refractivity contribution in [2.45, 2.75) is 68.1 Å². The van der Waals surface area contributed by atoms with Crippen LogP contribution in [0.3, 0.4) is 0 Å². The molecule has 14 heteroatoms. The fourth-order valence-electron chi connectivity index (χ4n) is 10.8. The van der Waals surface area contributed by atoms with Crippen LogP contribution in [0, 0.1) is 11.8 Å². The maximum absolute atomic E-state index is 10.7. The molecule has 0 spiro atoms. The molecule has 7 heterocycles. The monoisotopic (exact) mass is 968 g/mol. The number of rotatable bonds is 10. The van der Waals surface area contributed by atoms with E-state index in [-0.39, 0.29) is 18.9 Å². The van der Waals surface area contributed by atoms with Gasteiger partial charge in [-0.2, -0.15) is 0 Å². The molecular formula is C58H56N4O10. The highest BCUT2D eigenvalue weighted by Gasteiger charge is 2.44. The van der Waals surface area contributed by atoms with E-state index in [1.54, 1.807) is 0 Å². The van der Waals surface area contributed by atoms with Crippen LogP contribution < -0.4 is 16.0 Å². The van der Waals surface area contributed by atoms with E-state index in [2.05, 4.69) is 76.0 Å². The van der Waals surface area contributed by atoms with E-state index >= 15 is 0 Å². The number of nitrogens with one attached hydrogen (secondary N) is 3. The lowest BCUT2D eigenvalue weighted by molar-refractivity contribution is -0.272. The number of hydrogen-bond donors (Lipinski definition) is 11. The smallest absolute Gasteiger partial charge is 0.183 e. The quantitative estimate of drug-likeness (QED) is 0.0956. The van der Waals surface area contributed by atoms with Crippen molar-refractivity contribution in [3.8, 4) is 0 Å². The minimum atomic E-state index is -1.59. The zero-order valence-electron chi connectivity index (χ0n) is 39.0. The van der Waals surface area contributed by atoms with E-state index in [1.165, 1.54) is 0 Å². The third kappa shape index (κ3) is 8.96. The third-order valence-corrected chi connectivity index (χ3v) is 14.6. The molecule has 368 valence electrons. The first kappa shape index (κ1) is 47.5. The number of aromatic amines is 2. The van der Waals surface area contributed by atoms with Crippen LogP contribution in [0.25, 0.3) is 22.3 Å².